The van der Waals surface area contributed by atoms with Gasteiger partial charge in [0, 0.05) is 0 Å². The summed E-state index contributed by atoms with van der Waals surface area (Å²) in [5.41, 5.74) is 4.18. The summed E-state index contributed by atoms with van der Waals surface area (Å²) in [6.07, 6.45) is 33.1. The molecule has 0 heterocycles. The number of halogens is 2. The van der Waals surface area contributed by atoms with Crippen LogP contribution in [-0.2, 0) is 14.7 Å². The fourth-order valence-electron chi connectivity index (χ4n) is 7.51. The molecule has 0 N–H and O–H groups in total. The molecular formula is C27H49Cl2P2Pd. The Labute approximate surface area is 216 Å². The first-order chi connectivity index (χ1) is 15.7. The Morgan fingerprint density at radius 2 is 0.875 bits per heavy atom. The van der Waals surface area contributed by atoms with Crippen molar-refractivity contribution in [2.45, 2.75) is 162 Å². The standard InChI is InChI=1S/C27H49P2.2ClH.Pd/c1-5-14-24(15-6-1)28(25-16-7-2-8-17-25)22-13-23-29(26-18-9-3-10-19-26)27-20-11-4-12-21-27;;;/h22,24-27H,1-21,23H2;2*1H;/q;;;+2/p-2. The fraction of sp³-hybridized carbons (Fsp3) is 1.00. The van der Waals surface area contributed by atoms with Gasteiger partial charge in [0.25, 0.3) is 0 Å². The molecule has 0 nitrogen and oxygen atoms in total. The van der Waals surface area contributed by atoms with Crippen LogP contribution < -0.4 is 0 Å². The van der Waals surface area contributed by atoms with E-state index in [1.807, 2.05) is 0 Å². The van der Waals surface area contributed by atoms with E-state index < -0.39 is 14.7 Å². The van der Waals surface area contributed by atoms with Crippen molar-refractivity contribution >= 4 is 34.9 Å². The molecule has 5 heteroatoms. The van der Waals surface area contributed by atoms with Crippen LogP contribution in [0.15, 0.2) is 0 Å². The molecule has 0 aliphatic heterocycles. The minimum absolute atomic E-state index is 0.0329. The second-order valence-electron chi connectivity index (χ2n) is 11.2. The average Bonchev–Trinajstić information content (AvgIpc) is 2.86. The zero-order valence-corrected chi connectivity index (χ0v) is 25.3. The zero-order chi connectivity index (χ0) is 22.2. The summed E-state index contributed by atoms with van der Waals surface area (Å²) in [6, 6.07) is 0. The Morgan fingerprint density at radius 3 is 1.22 bits per heavy atom. The van der Waals surface area contributed by atoms with Crippen LogP contribution in [0, 0.1) is 0 Å². The topological polar surface area (TPSA) is 0 Å². The van der Waals surface area contributed by atoms with Crippen LogP contribution in [0.2, 0.25) is 0 Å². The predicted molar refractivity (Wildman–Crippen MR) is 146 cm³/mol. The van der Waals surface area contributed by atoms with Gasteiger partial charge in [-0.05, 0) is 0 Å². The second kappa shape index (κ2) is 14.7. The van der Waals surface area contributed by atoms with Gasteiger partial charge in [0.05, 0.1) is 0 Å². The normalized spacial score (nSPS) is 27.2. The van der Waals surface area contributed by atoms with E-state index in [-0.39, 0.29) is 15.8 Å². The van der Waals surface area contributed by atoms with Crippen molar-refractivity contribution in [3.05, 3.63) is 0 Å². The zero-order valence-electron chi connectivity index (χ0n) is 20.4. The van der Waals surface area contributed by atoms with Crippen LogP contribution in [-0.4, -0.2) is 32.9 Å². The number of hydrogen-bond donors (Lipinski definition) is 0. The summed E-state index contributed by atoms with van der Waals surface area (Å²) in [5.74, 6) is 0. The van der Waals surface area contributed by atoms with Gasteiger partial charge in [-0.25, -0.2) is 0 Å². The molecule has 0 radical (unpaired) electrons. The Hall–Kier alpha value is 2.10. The molecule has 4 rings (SSSR count). The van der Waals surface area contributed by atoms with Gasteiger partial charge in [-0.2, -0.15) is 0 Å². The SMILES string of the molecule is [Cl][Pd]([Cl])[CH](CCP(C1CCCCC1)C1CCCCC1)P(C1CCCCC1)C1CCCCC1. The second-order valence-corrected chi connectivity index (χ2v) is 23.5. The van der Waals surface area contributed by atoms with Crippen LogP contribution >= 0.6 is 34.9 Å². The Morgan fingerprint density at radius 1 is 0.531 bits per heavy atom. The summed E-state index contributed by atoms with van der Waals surface area (Å²) < 4.78 is 0.739. The first kappa shape index (κ1) is 27.1. The molecular weight excluding hydrogens is 564 g/mol. The van der Waals surface area contributed by atoms with E-state index in [4.69, 9.17) is 19.1 Å². The van der Waals surface area contributed by atoms with Crippen molar-refractivity contribution in [1.29, 1.82) is 0 Å². The van der Waals surface area contributed by atoms with Crippen LogP contribution in [0.3, 0.4) is 0 Å². The Bertz CT molecular complexity index is 474. The van der Waals surface area contributed by atoms with Gasteiger partial charge >= 0.3 is 217 Å². The molecule has 32 heavy (non-hydrogen) atoms. The van der Waals surface area contributed by atoms with Crippen molar-refractivity contribution < 1.29 is 14.7 Å². The van der Waals surface area contributed by atoms with Gasteiger partial charge in [0.15, 0.2) is 0 Å². The van der Waals surface area contributed by atoms with Gasteiger partial charge in [-0.15, -0.1) is 0 Å². The van der Waals surface area contributed by atoms with Crippen molar-refractivity contribution in [3.8, 4) is 0 Å². The first-order valence-corrected chi connectivity index (χ1v) is 22.3. The van der Waals surface area contributed by atoms with Gasteiger partial charge in [-0.1, -0.05) is 0 Å². The van der Waals surface area contributed by atoms with Crippen LogP contribution in [0.4, 0.5) is 0 Å². The van der Waals surface area contributed by atoms with Crippen LogP contribution in [0.25, 0.3) is 0 Å². The molecule has 0 aromatic heterocycles. The molecule has 1 unspecified atom stereocenters. The van der Waals surface area contributed by atoms with Gasteiger partial charge < -0.3 is 0 Å². The molecule has 0 amide bonds. The number of hydrogen-bond acceptors (Lipinski definition) is 0. The summed E-state index contributed by atoms with van der Waals surface area (Å²) in [5, 5.41) is 0. The molecule has 4 saturated carbocycles. The average molecular weight is 613 g/mol. The Kier molecular flexibility index (Phi) is 12.5. The van der Waals surface area contributed by atoms with Crippen molar-refractivity contribution in [2.75, 3.05) is 6.16 Å². The monoisotopic (exact) mass is 611 g/mol. The van der Waals surface area contributed by atoms with E-state index in [0.717, 1.165) is 26.8 Å². The molecule has 4 fully saturated rings. The summed E-state index contributed by atoms with van der Waals surface area (Å²) in [4.78, 5) is 0. The van der Waals surface area contributed by atoms with Crippen LogP contribution in [0.1, 0.15) is 135 Å². The summed E-state index contributed by atoms with van der Waals surface area (Å²) in [7, 11) is 14.3. The van der Waals surface area contributed by atoms with E-state index in [0.29, 0.717) is 0 Å². The number of rotatable bonds is 9. The quantitative estimate of drug-likeness (QED) is 0.179. The van der Waals surface area contributed by atoms with E-state index >= 15 is 0 Å². The predicted octanol–water partition coefficient (Wildman–Crippen LogP) is 10.9. The molecule has 4 aliphatic carbocycles. The van der Waals surface area contributed by atoms with E-state index in [2.05, 4.69) is 0 Å². The summed E-state index contributed by atoms with van der Waals surface area (Å²) in [6.45, 7) is 0. The minimum atomic E-state index is -1.40. The maximum absolute atomic E-state index is 7.04. The summed E-state index contributed by atoms with van der Waals surface area (Å²) >= 11 is -1.40. The fourth-order valence-corrected chi connectivity index (χ4v) is 22.9. The third-order valence-corrected chi connectivity index (χ3v) is 23.1. The maximum atomic E-state index is 7.04. The van der Waals surface area contributed by atoms with E-state index in [9.17, 15) is 0 Å². The van der Waals surface area contributed by atoms with Gasteiger partial charge in [-0.3, -0.25) is 0 Å². The molecule has 0 aromatic carbocycles. The van der Waals surface area contributed by atoms with Gasteiger partial charge in [0.1, 0.15) is 0 Å². The van der Waals surface area contributed by atoms with Crippen molar-refractivity contribution in [2.24, 2.45) is 0 Å². The van der Waals surface area contributed by atoms with Gasteiger partial charge in [0.2, 0.25) is 0 Å². The molecule has 0 spiro atoms. The molecule has 0 saturated heterocycles. The molecule has 4 aliphatic rings. The van der Waals surface area contributed by atoms with Crippen molar-refractivity contribution in [1.82, 2.24) is 0 Å². The third kappa shape index (κ3) is 7.80. The first-order valence-electron chi connectivity index (χ1n) is 14.2. The Balaban J connectivity index is 1.48. The van der Waals surface area contributed by atoms with E-state index in [1.165, 1.54) is 115 Å². The van der Waals surface area contributed by atoms with Crippen molar-refractivity contribution in [3.63, 3.8) is 0 Å². The molecule has 1 atom stereocenters. The van der Waals surface area contributed by atoms with E-state index in [1.54, 1.807) is 25.7 Å². The van der Waals surface area contributed by atoms with Crippen LogP contribution in [0.5, 0.6) is 0 Å². The molecule has 0 bridgehead atoms. The molecule has 191 valence electrons. The molecule has 0 aromatic rings. The third-order valence-electron chi connectivity index (χ3n) is 9.15.